The molecule has 2 N–H and O–H groups in total. The smallest absolute Gasteiger partial charge is 0.338 e. The lowest BCUT2D eigenvalue weighted by atomic mass is 9.82. The van der Waals surface area contributed by atoms with E-state index in [-0.39, 0.29) is 46.8 Å². The highest BCUT2D eigenvalue weighted by atomic mass is 35.5. The Morgan fingerprint density at radius 2 is 2.07 bits per heavy atom. The highest BCUT2D eigenvalue weighted by Gasteiger charge is 2.40. The Morgan fingerprint density at radius 1 is 1.32 bits per heavy atom. The van der Waals surface area contributed by atoms with E-state index >= 15 is 0 Å². The van der Waals surface area contributed by atoms with Gasteiger partial charge in [-0.3, -0.25) is 4.79 Å². The number of benzene rings is 1. The van der Waals surface area contributed by atoms with Crippen LogP contribution in [-0.2, 0) is 23.8 Å². The second-order valence-corrected chi connectivity index (χ2v) is 6.09. The Morgan fingerprint density at radius 3 is 2.71 bits per heavy atom. The predicted octanol–water partition coefficient (Wildman–Crippen LogP) is 1.87. The number of methoxy groups -OCH3 is 2. The fourth-order valence-electron chi connectivity index (χ4n) is 2.97. The number of allylic oxidation sites excluding steroid dienone is 1. The molecule has 146 valence electrons. The van der Waals surface area contributed by atoms with E-state index in [4.69, 9.17) is 36.3 Å². The Hall–Kier alpha value is -3.38. The van der Waals surface area contributed by atoms with Crippen molar-refractivity contribution in [3.8, 4) is 17.6 Å². The van der Waals surface area contributed by atoms with Crippen LogP contribution in [0.15, 0.2) is 34.9 Å². The standard InChI is InChI=1S/C18H15ClN2O7/c1-24-12(22)5-11-14(18(23)25-2)13(9(6-20)17(21)28-11)8-3-4-10-16(15(8)19)27-7-26-10/h3-4,13H,5,7,21H2,1-2H3/t13-/m1/s1. The van der Waals surface area contributed by atoms with Crippen molar-refractivity contribution in [2.24, 2.45) is 5.73 Å². The van der Waals surface area contributed by atoms with Gasteiger partial charge >= 0.3 is 11.9 Å². The summed E-state index contributed by atoms with van der Waals surface area (Å²) < 4.78 is 25.5. The molecule has 0 aromatic heterocycles. The number of hydrogen-bond donors (Lipinski definition) is 1. The highest BCUT2D eigenvalue weighted by molar-refractivity contribution is 6.33. The molecule has 3 rings (SSSR count). The van der Waals surface area contributed by atoms with E-state index in [2.05, 4.69) is 4.74 Å². The quantitative estimate of drug-likeness (QED) is 0.744. The molecule has 0 spiro atoms. The number of carbonyl (C=O) groups is 2. The van der Waals surface area contributed by atoms with Crippen LogP contribution < -0.4 is 15.2 Å². The summed E-state index contributed by atoms with van der Waals surface area (Å²) in [5.74, 6) is -2.15. The maximum Gasteiger partial charge on any atom is 0.338 e. The summed E-state index contributed by atoms with van der Waals surface area (Å²) >= 11 is 6.47. The lowest BCUT2D eigenvalue weighted by molar-refractivity contribution is -0.140. The van der Waals surface area contributed by atoms with E-state index < -0.39 is 17.9 Å². The van der Waals surface area contributed by atoms with Gasteiger partial charge in [0.05, 0.1) is 30.7 Å². The minimum Gasteiger partial charge on any atom is -0.469 e. The van der Waals surface area contributed by atoms with Crippen molar-refractivity contribution in [2.45, 2.75) is 12.3 Å². The Bertz CT molecular complexity index is 961. The molecule has 0 amide bonds. The molecule has 2 heterocycles. The van der Waals surface area contributed by atoms with E-state index in [1.54, 1.807) is 12.1 Å². The number of rotatable bonds is 4. The van der Waals surface area contributed by atoms with Crippen molar-refractivity contribution in [1.82, 2.24) is 0 Å². The zero-order valence-electron chi connectivity index (χ0n) is 14.9. The lowest BCUT2D eigenvalue weighted by Crippen LogP contribution is -2.27. The van der Waals surface area contributed by atoms with Crippen molar-refractivity contribution in [3.05, 3.63) is 45.5 Å². The number of esters is 2. The van der Waals surface area contributed by atoms with Gasteiger partial charge in [-0.1, -0.05) is 17.7 Å². The normalized spacial score (nSPS) is 17.7. The van der Waals surface area contributed by atoms with Gasteiger partial charge in [-0.25, -0.2) is 4.79 Å². The van der Waals surface area contributed by atoms with Crippen molar-refractivity contribution in [2.75, 3.05) is 21.0 Å². The third-order valence-electron chi connectivity index (χ3n) is 4.25. The number of nitrogens with zero attached hydrogens (tertiary/aromatic N) is 1. The SMILES string of the molecule is COC(=O)CC1=C(C(=O)OC)[C@H](c2ccc3c(c2Cl)OCO3)C(C#N)=C(N)O1. The van der Waals surface area contributed by atoms with Gasteiger partial charge in [0, 0.05) is 0 Å². The fourth-order valence-corrected chi connectivity index (χ4v) is 3.29. The van der Waals surface area contributed by atoms with Gasteiger partial charge in [0.1, 0.15) is 23.8 Å². The van der Waals surface area contributed by atoms with Gasteiger partial charge in [0.15, 0.2) is 11.5 Å². The average molecular weight is 407 g/mol. The number of hydrogen-bond acceptors (Lipinski definition) is 9. The number of fused-ring (bicyclic) bond motifs is 1. The number of nitrogens with two attached hydrogens (primary N) is 1. The second kappa shape index (κ2) is 7.70. The van der Waals surface area contributed by atoms with Gasteiger partial charge < -0.3 is 29.4 Å². The Labute approximate surface area is 164 Å². The third-order valence-corrected chi connectivity index (χ3v) is 4.64. The molecule has 0 fully saturated rings. The molecule has 1 aromatic carbocycles. The number of ether oxygens (including phenoxy) is 5. The fraction of sp³-hybridized carbons (Fsp3) is 0.278. The maximum atomic E-state index is 12.6. The summed E-state index contributed by atoms with van der Waals surface area (Å²) in [6.07, 6.45) is -0.390. The second-order valence-electron chi connectivity index (χ2n) is 5.71. The zero-order chi connectivity index (χ0) is 20.4. The van der Waals surface area contributed by atoms with Crippen molar-refractivity contribution in [3.63, 3.8) is 0 Å². The van der Waals surface area contributed by atoms with Crippen LogP contribution >= 0.6 is 11.6 Å². The zero-order valence-corrected chi connectivity index (χ0v) is 15.7. The Balaban J connectivity index is 2.23. The van der Waals surface area contributed by atoms with E-state index in [1.807, 2.05) is 6.07 Å². The first-order chi connectivity index (χ1) is 13.4. The average Bonchev–Trinajstić information content (AvgIpc) is 3.17. The van der Waals surface area contributed by atoms with Crippen molar-refractivity contribution >= 4 is 23.5 Å². The Kier molecular flexibility index (Phi) is 5.33. The summed E-state index contributed by atoms with van der Waals surface area (Å²) in [7, 11) is 2.35. The summed E-state index contributed by atoms with van der Waals surface area (Å²) in [4.78, 5) is 24.3. The first-order valence-electron chi connectivity index (χ1n) is 7.96. The van der Waals surface area contributed by atoms with E-state index in [0.717, 1.165) is 7.11 Å². The molecule has 10 heteroatoms. The van der Waals surface area contributed by atoms with Gasteiger partial charge in [-0.2, -0.15) is 5.26 Å². The highest BCUT2D eigenvalue weighted by Crippen LogP contribution is 2.48. The van der Waals surface area contributed by atoms with Crippen molar-refractivity contribution in [1.29, 1.82) is 5.26 Å². The topological polar surface area (TPSA) is 130 Å². The predicted molar refractivity (Wildman–Crippen MR) is 93.9 cm³/mol. The number of nitriles is 1. The molecular formula is C18H15ClN2O7. The summed E-state index contributed by atoms with van der Waals surface area (Å²) in [6.45, 7) is -0.0113. The largest absolute Gasteiger partial charge is 0.469 e. The molecule has 0 saturated heterocycles. The van der Waals surface area contributed by atoms with Crippen LogP contribution in [0.1, 0.15) is 17.9 Å². The van der Waals surface area contributed by atoms with Crippen LogP contribution in [0.4, 0.5) is 0 Å². The third kappa shape index (κ3) is 3.18. The van der Waals surface area contributed by atoms with E-state index in [0.29, 0.717) is 11.3 Å². The molecule has 0 aliphatic carbocycles. The van der Waals surface area contributed by atoms with Crippen molar-refractivity contribution < 1.29 is 33.3 Å². The van der Waals surface area contributed by atoms with Crippen LogP contribution in [0.5, 0.6) is 11.5 Å². The molecule has 28 heavy (non-hydrogen) atoms. The molecule has 0 bridgehead atoms. The molecule has 1 atom stereocenters. The maximum absolute atomic E-state index is 12.6. The molecule has 2 aliphatic rings. The monoisotopic (exact) mass is 406 g/mol. The van der Waals surface area contributed by atoms with Crippen LogP contribution in [0, 0.1) is 11.3 Å². The molecule has 0 saturated carbocycles. The summed E-state index contributed by atoms with van der Waals surface area (Å²) in [5.41, 5.74) is 6.09. The first-order valence-corrected chi connectivity index (χ1v) is 8.34. The number of halogens is 1. The molecule has 9 nitrogen and oxygen atoms in total. The van der Waals surface area contributed by atoms with Gasteiger partial charge in [-0.15, -0.1) is 0 Å². The molecular weight excluding hydrogens is 392 g/mol. The van der Waals surface area contributed by atoms with Crippen LogP contribution in [0.3, 0.4) is 0 Å². The minimum atomic E-state index is -1.03. The van der Waals surface area contributed by atoms with Gasteiger partial charge in [0.25, 0.3) is 0 Å². The van der Waals surface area contributed by atoms with Gasteiger partial charge in [-0.05, 0) is 11.6 Å². The van der Waals surface area contributed by atoms with E-state index in [9.17, 15) is 14.9 Å². The van der Waals surface area contributed by atoms with E-state index in [1.165, 1.54) is 7.11 Å². The minimum absolute atomic E-state index is 0.0113. The molecule has 0 radical (unpaired) electrons. The molecule has 2 aliphatic heterocycles. The molecule has 0 unspecified atom stereocenters. The number of carbonyl (C=O) groups excluding carboxylic acids is 2. The van der Waals surface area contributed by atoms with Crippen LogP contribution in [-0.4, -0.2) is 33.0 Å². The van der Waals surface area contributed by atoms with Crippen LogP contribution in [0.25, 0.3) is 0 Å². The molecule has 1 aromatic rings. The van der Waals surface area contributed by atoms with Gasteiger partial charge in [0.2, 0.25) is 12.7 Å². The summed E-state index contributed by atoms with van der Waals surface area (Å²) in [6, 6.07) is 5.11. The van der Waals surface area contributed by atoms with Crippen LogP contribution in [0.2, 0.25) is 5.02 Å². The summed E-state index contributed by atoms with van der Waals surface area (Å²) in [5, 5.41) is 9.77. The lowest BCUT2D eigenvalue weighted by Gasteiger charge is -2.28. The first kappa shape index (κ1) is 19.4.